The number of carbonyl (C=O) groups is 1. The van der Waals surface area contributed by atoms with Crippen molar-refractivity contribution in [2.45, 2.75) is 6.54 Å². The molecule has 0 fully saturated rings. The van der Waals surface area contributed by atoms with E-state index in [1.54, 1.807) is 30.5 Å². The molecule has 0 aliphatic heterocycles. The molecule has 0 aliphatic carbocycles. The molecule has 1 amide bonds. The lowest BCUT2D eigenvalue weighted by atomic mass is 10.2. The summed E-state index contributed by atoms with van der Waals surface area (Å²) in [6.45, 7) is 0.562. The molecule has 1 aromatic heterocycles. The van der Waals surface area contributed by atoms with Crippen LogP contribution in [0, 0.1) is 0 Å². The van der Waals surface area contributed by atoms with Crippen molar-refractivity contribution in [2.24, 2.45) is 5.73 Å². The van der Waals surface area contributed by atoms with E-state index in [1.165, 1.54) is 0 Å². The number of halogens is 1. The molecule has 1 aromatic carbocycles. The Hall–Kier alpha value is -2.27. The average Bonchev–Trinajstić information content (AvgIpc) is 2.43. The quantitative estimate of drug-likeness (QED) is 0.844. The molecule has 0 saturated carbocycles. The first kappa shape index (κ1) is 14.1. The van der Waals surface area contributed by atoms with Crippen LogP contribution >= 0.6 is 11.6 Å². The van der Waals surface area contributed by atoms with Gasteiger partial charge < -0.3 is 16.4 Å². The number of rotatable bonds is 4. The summed E-state index contributed by atoms with van der Waals surface area (Å²) in [5.74, 6) is -0.553. The first-order chi connectivity index (χ1) is 9.47. The average molecular weight is 291 g/mol. The van der Waals surface area contributed by atoms with Crippen LogP contribution in [0.15, 0.2) is 36.5 Å². The van der Waals surface area contributed by atoms with Gasteiger partial charge in [-0.15, -0.1) is 0 Å². The SMILES string of the molecule is CN(Cc1cc(N)ccc1Cl)c1ccnc(C(N)=O)c1. The number of carbonyl (C=O) groups excluding carboxylic acids is 1. The minimum absolute atomic E-state index is 0.230. The fourth-order valence-electron chi connectivity index (χ4n) is 1.85. The summed E-state index contributed by atoms with van der Waals surface area (Å²) in [4.78, 5) is 17.0. The Morgan fingerprint density at radius 3 is 2.80 bits per heavy atom. The molecule has 4 N–H and O–H groups in total. The van der Waals surface area contributed by atoms with Gasteiger partial charge in [-0.05, 0) is 35.9 Å². The van der Waals surface area contributed by atoms with E-state index in [0.29, 0.717) is 17.3 Å². The second kappa shape index (κ2) is 5.79. The zero-order valence-corrected chi connectivity index (χ0v) is 11.8. The lowest BCUT2D eigenvalue weighted by Gasteiger charge is -2.20. The van der Waals surface area contributed by atoms with Gasteiger partial charge in [-0.2, -0.15) is 0 Å². The molecule has 2 aromatic rings. The van der Waals surface area contributed by atoms with E-state index in [0.717, 1.165) is 11.3 Å². The molecule has 0 aliphatic rings. The number of pyridine rings is 1. The van der Waals surface area contributed by atoms with Crippen LogP contribution in [0.3, 0.4) is 0 Å². The highest BCUT2D eigenvalue weighted by atomic mass is 35.5. The summed E-state index contributed by atoms with van der Waals surface area (Å²) < 4.78 is 0. The number of anilines is 2. The molecule has 0 bridgehead atoms. The van der Waals surface area contributed by atoms with Crippen LogP contribution in [-0.4, -0.2) is 17.9 Å². The second-order valence-corrected chi connectivity index (χ2v) is 4.88. The highest BCUT2D eigenvalue weighted by Gasteiger charge is 2.09. The highest BCUT2D eigenvalue weighted by Crippen LogP contribution is 2.23. The third-order valence-electron chi connectivity index (χ3n) is 2.91. The minimum Gasteiger partial charge on any atom is -0.399 e. The van der Waals surface area contributed by atoms with Gasteiger partial charge in [-0.1, -0.05) is 11.6 Å². The van der Waals surface area contributed by atoms with Crippen molar-refractivity contribution in [1.82, 2.24) is 4.98 Å². The Balaban J connectivity index is 2.23. The van der Waals surface area contributed by atoms with Crippen molar-refractivity contribution in [3.8, 4) is 0 Å². The summed E-state index contributed by atoms with van der Waals surface area (Å²) in [6.07, 6.45) is 1.55. The zero-order valence-electron chi connectivity index (χ0n) is 11.0. The van der Waals surface area contributed by atoms with Gasteiger partial charge in [0.15, 0.2) is 0 Å². The third kappa shape index (κ3) is 3.19. The number of nitrogens with zero attached hydrogens (tertiary/aromatic N) is 2. The lowest BCUT2D eigenvalue weighted by molar-refractivity contribution is 0.0995. The van der Waals surface area contributed by atoms with E-state index in [4.69, 9.17) is 23.1 Å². The van der Waals surface area contributed by atoms with Crippen molar-refractivity contribution in [3.63, 3.8) is 0 Å². The molecule has 104 valence electrons. The Labute approximate surface area is 122 Å². The summed E-state index contributed by atoms with van der Waals surface area (Å²) in [7, 11) is 1.89. The number of hydrogen-bond donors (Lipinski definition) is 2. The minimum atomic E-state index is -0.553. The highest BCUT2D eigenvalue weighted by molar-refractivity contribution is 6.31. The van der Waals surface area contributed by atoms with Gasteiger partial charge >= 0.3 is 0 Å². The van der Waals surface area contributed by atoms with Gasteiger partial charge in [-0.3, -0.25) is 9.78 Å². The molecule has 0 saturated heterocycles. The van der Waals surface area contributed by atoms with E-state index in [1.807, 2.05) is 18.0 Å². The third-order valence-corrected chi connectivity index (χ3v) is 3.28. The van der Waals surface area contributed by atoms with Crippen LogP contribution in [-0.2, 0) is 6.54 Å². The summed E-state index contributed by atoms with van der Waals surface area (Å²) >= 11 is 6.14. The van der Waals surface area contributed by atoms with Crippen LogP contribution in [0.25, 0.3) is 0 Å². The number of aromatic nitrogens is 1. The molecule has 1 heterocycles. The van der Waals surface area contributed by atoms with Gasteiger partial charge in [-0.25, -0.2) is 0 Å². The van der Waals surface area contributed by atoms with E-state index < -0.39 is 5.91 Å². The van der Waals surface area contributed by atoms with Crippen molar-refractivity contribution in [1.29, 1.82) is 0 Å². The van der Waals surface area contributed by atoms with Crippen LogP contribution < -0.4 is 16.4 Å². The van der Waals surface area contributed by atoms with Crippen LogP contribution in [0.4, 0.5) is 11.4 Å². The monoisotopic (exact) mass is 290 g/mol. The first-order valence-electron chi connectivity index (χ1n) is 5.98. The summed E-state index contributed by atoms with van der Waals surface area (Å²) in [5.41, 5.74) is 13.6. The maximum absolute atomic E-state index is 11.1. The number of hydrogen-bond acceptors (Lipinski definition) is 4. The molecule has 0 atom stereocenters. The molecule has 6 heteroatoms. The summed E-state index contributed by atoms with van der Waals surface area (Å²) in [6, 6.07) is 8.79. The van der Waals surface area contributed by atoms with E-state index in [9.17, 15) is 4.79 Å². The Bertz CT molecular complexity index is 645. The Morgan fingerprint density at radius 2 is 2.10 bits per heavy atom. The van der Waals surface area contributed by atoms with Crippen LogP contribution in [0.2, 0.25) is 5.02 Å². The molecule has 0 spiro atoms. The molecule has 5 nitrogen and oxygen atoms in total. The van der Waals surface area contributed by atoms with Crippen molar-refractivity contribution in [3.05, 3.63) is 52.8 Å². The second-order valence-electron chi connectivity index (χ2n) is 4.47. The first-order valence-corrected chi connectivity index (χ1v) is 6.36. The standard InChI is InChI=1S/C14H15ClN4O/c1-19(8-9-6-10(16)2-3-12(9)15)11-4-5-18-13(7-11)14(17)20/h2-7H,8,16H2,1H3,(H2,17,20). The lowest BCUT2D eigenvalue weighted by Crippen LogP contribution is -2.19. The smallest absolute Gasteiger partial charge is 0.267 e. The Kier molecular flexibility index (Phi) is 4.10. The molecule has 0 unspecified atom stereocenters. The number of nitrogens with two attached hydrogens (primary N) is 2. The maximum Gasteiger partial charge on any atom is 0.267 e. The van der Waals surface area contributed by atoms with Crippen LogP contribution in [0.1, 0.15) is 16.1 Å². The fraction of sp³-hybridized carbons (Fsp3) is 0.143. The van der Waals surface area contributed by atoms with Gasteiger partial charge in [0.05, 0.1) is 0 Å². The van der Waals surface area contributed by atoms with Crippen molar-refractivity contribution >= 4 is 28.9 Å². The van der Waals surface area contributed by atoms with E-state index in [2.05, 4.69) is 4.98 Å². The number of amides is 1. The predicted molar refractivity (Wildman–Crippen MR) is 80.7 cm³/mol. The van der Waals surface area contributed by atoms with Gasteiger partial charge in [0.1, 0.15) is 5.69 Å². The van der Waals surface area contributed by atoms with Gasteiger partial charge in [0.25, 0.3) is 5.91 Å². The molecule has 20 heavy (non-hydrogen) atoms. The number of nitrogen functional groups attached to an aromatic ring is 1. The molecule has 2 rings (SSSR count). The molecular formula is C14H15ClN4O. The van der Waals surface area contributed by atoms with Crippen molar-refractivity contribution in [2.75, 3.05) is 17.7 Å². The zero-order chi connectivity index (χ0) is 14.7. The fourth-order valence-corrected chi connectivity index (χ4v) is 2.03. The van der Waals surface area contributed by atoms with E-state index in [-0.39, 0.29) is 5.69 Å². The predicted octanol–water partition coefficient (Wildman–Crippen LogP) is 2.05. The number of benzene rings is 1. The van der Waals surface area contributed by atoms with E-state index >= 15 is 0 Å². The van der Waals surface area contributed by atoms with Crippen LogP contribution in [0.5, 0.6) is 0 Å². The largest absolute Gasteiger partial charge is 0.399 e. The topological polar surface area (TPSA) is 85.2 Å². The molecular weight excluding hydrogens is 276 g/mol. The molecule has 0 radical (unpaired) electrons. The van der Waals surface area contributed by atoms with Crippen molar-refractivity contribution < 1.29 is 4.79 Å². The normalized spacial score (nSPS) is 10.3. The van der Waals surface area contributed by atoms with Gasteiger partial charge in [0, 0.05) is 36.2 Å². The van der Waals surface area contributed by atoms with Gasteiger partial charge in [0.2, 0.25) is 0 Å². The summed E-state index contributed by atoms with van der Waals surface area (Å²) in [5, 5.41) is 0.648. The maximum atomic E-state index is 11.1. The Morgan fingerprint density at radius 1 is 1.35 bits per heavy atom. The number of primary amides is 1.